The van der Waals surface area contributed by atoms with Crippen LogP contribution in [0.15, 0.2) is 23.2 Å². The van der Waals surface area contributed by atoms with Crippen molar-refractivity contribution in [2.45, 2.75) is 25.3 Å². The summed E-state index contributed by atoms with van der Waals surface area (Å²) in [5.74, 6) is -0.595. The molecular formula is C12H13N3O4S2. The molecule has 2 heterocycles. The summed E-state index contributed by atoms with van der Waals surface area (Å²) in [7, 11) is -3.78. The Bertz CT molecular complexity index is 784. The molecule has 2 aromatic rings. The van der Waals surface area contributed by atoms with Gasteiger partial charge in [-0.05, 0) is 26.0 Å². The zero-order valence-electron chi connectivity index (χ0n) is 11.3. The highest BCUT2D eigenvalue weighted by atomic mass is 32.2. The van der Waals surface area contributed by atoms with Gasteiger partial charge in [0.05, 0.1) is 17.1 Å². The number of carboxylic acids is 1. The summed E-state index contributed by atoms with van der Waals surface area (Å²) in [4.78, 5) is 19.3. The maximum atomic E-state index is 12.2. The molecule has 21 heavy (non-hydrogen) atoms. The summed E-state index contributed by atoms with van der Waals surface area (Å²) in [5.41, 5.74) is 0.539. The topological polar surface area (TPSA) is 109 Å². The summed E-state index contributed by atoms with van der Waals surface area (Å²) in [6.45, 7) is 3.30. The number of nitrogens with zero attached hydrogens (tertiary/aromatic N) is 2. The largest absolute Gasteiger partial charge is 0.477 e. The van der Waals surface area contributed by atoms with Crippen molar-refractivity contribution in [2.75, 3.05) is 0 Å². The van der Waals surface area contributed by atoms with Gasteiger partial charge in [0.15, 0.2) is 0 Å². The molecule has 0 spiro atoms. The lowest BCUT2D eigenvalue weighted by Crippen LogP contribution is -2.24. The minimum absolute atomic E-state index is 0.00856. The molecule has 0 aliphatic carbocycles. The first kappa shape index (κ1) is 15.5. The van der Waals surface area contributed by atoms with Crippen molar-refractivity contribution in [2.24, 2.45) is 0 Å². The van der Waals surface area contributed by atoms with Crippen LogP contribution in [0.25, 0.3) is 0 Å². The number of aromatic carboxylic acids is 1. The van der Waals surface area contributed by atoms with Crippen LogP contribution in [0, 0.1) is 13.8 Å². The average molecular weight is 327 g/mol. The monoisotopic (exact) mass is 327 g/mol. The second-order valence-corrected chi connectivity index (χ2v) is 7.25. The predicted molar refractivity (Wildman–Crippen MR) is 76.8 cm³/mol. The highest BCUT2D eigenvalue weighted by molar-refractivity contribution is 7.89. The third-order valence-corrected chi connectivity index (χ3v) is 5.34. The highest BCUT2D eigenvalue weighted by Gasteiger charge is 2.22. The Balaban J connectivity index is 2.21. The van der Waals surface area contributed by atoms with Crippen LogP contribution >= 0.6 is 11.3 Å². The minimum atomic E-state index is -3.78. The van der Waals surface area contributed by atoms with Crippen molar-refractivity contribution >= 4 is 27.3 Å². The molecule has 0 unspecified atom stereocenters. The van der Waals surface area contributed by atoms with E-state index in [1.165, 1.54) is 0 Å². The molecule has 2 rings (SSSR count). The van der Waals surface area contributed by atoms with E-state index in [1.807, 2.05) is 0 Å². The molecule has 0 fully saturated rings. The van der Waals surface area contributed by atoms with Crippen molar-refractivity contribution in [3.8, 4) is 0 Å². The first-order valence-corrected chi connectivity index (χ1v) is 8.21. The zero-order valence-corrected chi connectivity index (χ0v) is 13.0. The first-order chi connectivity index (χ1) is 9.79. The Morgan fingerprint density at radius 1 is 1.43 bits per heavy atom. The molecule has 112 valence electrons. The van der Waals surface area contributed by atoms with Gasteiger partial charge in [0.25, 0.3) is 0 Å². The molecule has 2 aromatic heterocycles. The molecule has 0 amide bonds. The Morgan fingerprint density at radius 3 is 2.71 bits per heavy atom. The molecule has 0 saturated carbocycles. The number of sulfonamides is 1. The minimum Gasteiger partial charge on any atom is -0.477 e. The van der Waals surface area contributed by atoms with E-state index in [1.54, 1.807) is 26.1 Å². The lowest BCUT2D eigenvalue weighted by atomic mass is 10.4. The number of carboxylic acid groups (broad SMARTS) is 1. The standard InChI is InChI=1S/C12H13N3O4S2/c1-7-11(5-10(20-7)12(16)17)21(18,19)14-6-9-3-4-13-8(2)15-9/h3-5,14H,6H2,1-2H3,(H,16,17). The fourth-order valence-corrected chi connectivity index (χ4v) is 4.11. The van der Waals surface area contributed by atoms with Gasteiger partial charge in [-0.25, -0.2) is 27.9 Å². The van der Waals surface area contributed by atoms with Crippen molar-refractivity contribution in [3.05, 3.63) is 39.6 Å². The third-order valence-electron chi connectivity index (χ3n) is 2.65. The quantitative estimate of drug-likeness (QED) is 0.857. The normalized spacial score (nSPS) is 11.5. The van der Waals surface area contributed by atoms with E-state index in [-0.39, 0.29) is 16.3 Å². The number of carbonyl (C=O) groups is 1. The SMILES string of the molecule is Cc1nccc(CNS(=O)(=O)c2cc(C(=O)O)sc2C)n1. The average Bonchev–Trinajstić information content (AvgIpc) is 2.80. The van der Waals surface area contributed by atoms with Crippen molar-refractivity contribution in [3.63, 3.8) is 0 Å². The second kappa shape index (κ2) is 5.88. The number of aromatic nitrogens is 2. The fourth-order valence-electron chi connectivity index (χ4n) is 1.69. The number of aryl methyl sites for hydroxylation is 2. The molecule has 9 heteroatoms. The summed E-state index contributed by atoms with van der Waals surface area (Å²) >= 11 is 0.929. The Hall–Kier alpha value is -1.84. The van der Waals surface area contributed by atoms with Crippen LogP contribution in [0.5, 0.6) is 0 Å². The molecule has 0 aliphatic rings. The van der Waals surface area contributed by atoms with E-state index >= 15 is 0 Å². The molecule has 0 atom stereocenters. The molecule has 0 radical (unpaired) electrons. The summed E-state index contributed by atoms with van der Waals surface area (Å²) in [6, 6.07) is 2.77. The van der Waals surface area contributed by atoms with E-state index in [9.17, 15) is 13.2 Å². The molecular weight excluding hydrogens is 314 g/mol. The van der Waals surface area contributed by atoms with Crippen molar-refractivity contribution in [1.82, 2.24) is 14.7 Å². The smallest absolute Gasteiger partial charge is 0.345 e. The van der Waals surface area contributed by atoms with Gasteiger partial charge >= 0.3 is 5.97 Å². The van der Waals surface area contributed by atoms with Gasteiger partial charge in [0.2, 0.25) is 10.0 Å². The number of rotatable bonds is 5. The predicted octanol–water partition coefficient (Wildman–Crippen LogP) is 1.33. The summed E-state index contributed by atoms with van der Waals surface area (Å²) < 4.78 is 26.8. The van der Waals surface area contributed by atoms with E-state index in [0.717, 1.165) is 17.4 Å². The summed E-state index contributed by atoms with van der Waals surface area (Å²) in [5, 5.41) is 8.91. The Kier molecular flexibility index (Phi) is 4.35. The van der Waals surface area contributed by atoms with Gasteiger partial charge in [-0.15, -0.1) is 11.3 Å². The lowest BCUT2D eigenvalue weighted by Gasteiger charge is -2.06. The molecule has 7 nitrogen and oxygen atoms in total. The number of hydrogen-bond acceptors (Lipinski definition) is 6. The second-order valence-electron chi connectivity index (χ2n) is 4.26. The maximum absolute atomic E-state index is 12.2. The fraction of sp³-hybridized carbons (Fsp3) is 0.250. The van der Waals surface area contributed by atoms with Gasteiger partial charge in [-0.1, -0.05) is 0 Å². The van der Waals surface area contributed by atoms with Crippen LogP contribution < -0.4 is 4.72 Å². The van der Waals surface area contributed by atoms with Gasteiger partial charge in [0, 0.05) is 11.1 Å². The lowest BCUT2D eigenvalue weighted by molar-refractivity contribution is 0.0702. The number of thiophene rings is 1. The van der Waals surface area contributed by atoms with Gasteiger partial charge in [0.1, 0.15) is 10.7 Å². The van der Waals surface area contributed by atoms with Crippen LogP contribution in [-0.4, -0.2) is 29.5 Å². The molecule has 0 aromatic carbocycles. The molecule has 2 N–H and O–H groups in total. The maximum Gasteiger partial charge on any atom is 0.345 e. The van der Waals surface area contributed by atoms with Crippen LogP contribution in [0.1, 0.15) is 26.1 Å². The van der Waals surface area contributed by atoms with E-state index < -0.39 is 16.0 Å². The zero-order chi connectivity index (χ0) is 15.6. The van der Waals surface area contributed by atoms with Gasteiger partial charge < -0.3 is 5.11 Å². The van der Waals surface area contributed by atoms with Crippen molar-refractivity contribution < 1.29 is 18.3 Å². The van der Waals surface area contributed by atoms with Gasteiger partial charge in [-0.2, -0.15) is 0 Å². The molecule has 0 saturated heterocycles. The van der Waals surface area contributed by atoms with Crippen molar-refractivity contribution in [1.29, 1.82) is 0 Å². The van der Waals surface area contributed by atoms with Crippen LogP contribution in [0.2, 0.25) is 0 Å². The van der Waals surface area contributed by atoms with Crippen LogP contribution in [-0.2, 0) is 16.6 Å². The third kappa shape index (κ3) is 3.63. The Labute approximate surface area is 125 Å². The van der Waals surface area contributed by atoms with Gasteiger partial charge in [-0.3, -0.25) is 0 Å². The van der Waals surface area contributed by atoms with E-state index in [2.05, 4.69) is 14.7 Å². The first-order valence-electron chi connectivity index (χ1n) is 5.91. The Morgan fingerprint density at radius 2 is 2.14 bits per heavy atom. The molecule has 0 bridgehead atoms. The van der Waals surface area contributed by atoms with E-state index in [0.29, 0.717) is 16.4 Å². The van der Waals surface area contributed by atoms with Crippen LogP contribution in [0.4, 0.5) is 0 Å². The number of nitrogens with one attached hydrogen (secondary N) is 1. The van der Waals surface area contributed by atoms with Crippen LogP contribution in [0.3, 0.4) is 0 Å². The van der Waals surface area contributed by atoms with E-state index in [4.69, 9.17) is 5.11 Å². The summed E-state index contributed by atoms with van der Waals surface area (Å²) in [6.07, 6.45) is 1.55. The molecule has 0 aliphatic heterocycles. The number of hydrogen-bond donors (Lipinski definition) is 2. The highest BCUT2D eigenvalue weighted by Crippen LogP contribution is 2.25.